The van der Waals surface area contributed by atoms with Crippen LogP contribution >= 0.6 is 11.6 Å². The average molecular weight is 392 g/mol. The summed E-state index contributed by atoms with van der Waals surface area (Å²) in [7, 11) is -3.69. The first-order chi connectivity index (χ1) is 12.4. The lowest BCUT2D eigenvalue weighted by Gasteiger charge is -2.08. The number of pyridine rings is 1. The summed E-state index contributed by atoms with van der Waals surface area (Å²) in [5, 5.41) is 2.90. The molecule has 9 heteroatoms. The molecule has 1 aromatic carbocycles. The van der Waals surface area contributed by atoms with Crippen LogP contribution < -0.4 is 10.0 Å². The van der Waals surface area contributed by atoms with Crippen molar-refractivity contribution in [2.24, 2.45) is 0 Å². The normalized spacial score (nSPS) is 11.3. The molecule has 0 atom stereocenters. The first kappa shape index (κ1) is 18.1. The molecule has 0 aliphatic heterocycles. The number of nitrogens with zero attached hydrogens (tertiary/aromatic N) is 1. The summed E-state index contributed by atoms with van der Waals surface area (Å²) in [4.78, 5) is 15.7. The van der Waals surface area contributed by atoms with Crippen LogP contribution in [0.1, 0.15) is 16.1 Å². The quantitative estimate of drug-likeness (QED) is 0.629. The zero-order valence-corrected chi connectivity index (χ0v) is 14.9. The van der Waals surface area contributed by atoms with E-state index in [2.05, 4.69) is 15.0 Å². The second-order valence-electron chi connectivity index (χ2n) is 5.27. The van der Waals surface area contributed by atoms with Gasteiger partial charge in [0.1, 0.15) is 10.0 Å². The minimum Gasteiger partial charge on any atom is -0.459 e. The highest BCUT2D eigenvalue weighted by Crippen LogP contribution is 2.14. The van der Waals surface area contributed by atoms with Crippen molar-refractivity contribution in [2.75, 3.05) is 5.32 Å². The summed E-state index contributed by atoms with van der Waals surface area (Å²) in [5.41, 5.74) is 1.30. The molecular formula is C17H14ClN3O4S. The second-order valence-corrected chi connectivity index (χ2v) is 7.42. The monoisotopic (exact) mass is 391 g/mol. The molecule has 134 valence electrons. The summed E-state index contributed by atoms with van der Waals surface area (Å²) in [6, 6.07) is 12.7. The first-order valence-corrected chi connectivity index (χ1v) is 9.35. The Bertz CT molecular complexity index is 986. The lowest BCUT2D eigenvalue weighted by molar-refractivity contribution is 0.0996. The van der Waals surface area contributed by atoms with Gasteiger partial charge >= 0.3 is 0 Å². The highest BCUT2D eigenvalue weighted by molar-refractivity contribution is 7.89. The number of hydrogen-bond acceptors (Lipinski definition) is 5. The molecule has 0 saturated carbocycles. The van der Waals surface area contributed by atoms with Crippen molar-refractivity contribution >= 4 is 33.2 Å². The Morgan fingerprint density at radius 2 is 1.88 bits per heavy atom. The molecule has 2 heterocycles. The third kappa shape index (κ3) is 4.48. The van der Waals surface area contributed by atoms with Crippen LogP contribution in [0.4, 0.5) is 5.69 Å². The molecule has 3 rings (SSSR count). The Morgan fingerprint density at radius 1 is 1.12 bits per heavy atom. The molecule has 0 aliphatic carbocycles. The number of hydrogen-bond donors (Lipinski definition) is 2. The predicted octanol–water partition coefficient (Wildman–Crippen LogP) is 3.06. The van der Waals surface area contributed by atoms with E-state index in [-0.39, 0.29) is 28.3 Å². The summed E-state index contributed by atoms with van der Waals surface area (Å²) in [5.74, 6) is -0.155. The molecular weight excluding hydrogens is 378 g/mol. The maximum atomic E-state index is 12.2. The zero-order chi connectivity index (χ0) is 18.6. The van der Waals surface area contributed by atoms with Crippen molar-refractivity contribution in [2.45, 2.75) is 11.4 Å². The Morgan fingerprint density at radius 3 is 2.50 bits per heavy atom. The third-order valence-corrected chi connectivity index (χ3v) is 5.04. The summed E-state index contributed by atoms with van der Waals surface area (Å²) < 4.78 is 31.9. The average Bonchev–Trinajstić information content (AvgIpc) is 3.16. The van der Waals surface area contributed by atoms with Gasteiger partial charge in [0.2, 0.25) is 10.0 Å². The van der Waals surface area contributed by atoms with Gasteiger partial charge in [-0.05, 0) is 42.0 Å². The smallest absolute Gasteiger partial charge is 0.291 e. The Kier molecular flexibility index (Phi) is 5.36. The molecule has 0 spiro atoms. The van der Waals surface area contributed by atoms with Gasteiger partial charge in [-0.1, -0.05) is 23.7 Å². The van der Waals surface area contributed by atoms with E-state index >= 15 is 0 Å². The van der Waals surface area contributed by atoms with Crippen LogP contribution in [0.15, 0.2) is 70.3 Å². The Labute approximate surface area is 155 Å². The van der Waals surface area contributed by atoms with Crippen LogP contribution in [0.2, 0.25) is 5.15 Å². The predicted molar refractivity (Wildman–Crippen MR) is 96.4 cm³/mol. The number of aromatic nitrogens is 1. The summed E-state index contributed by atoms with van der Waals surface area (Å²) in [6.45, 7) is 0.0946. The van der Waals surface area contributed by atoms with Gasteiger partial charge in [-0.15, -0.1) is 0 Å². The Balaban J connectivity index is 1.60. The van der Waals surface area contributed by atoms with Crippen molar-refractivity contribution in [3.8, 4) is 0 Å². The van der Waals surface area contributed by atoms with E-state index in [1.807, 2.05) is 0 Å². The highest BCUT2D eigenvalue weighted by Gasteiger charge is 2.14. The number of sulfonamides is 1. The number of amides is 1. The molecule has 0 fully saturated rings. The van der Waals surface area contributed by atoms with E-state index in [1.54, 1.807) is 36.4 Å². The maximum Gasteiger partial charge on any atom is 0.291 e. The third-order valence-electron chi connectivity index (χ3n) is 3.43. The highest BCUT2D eigenvalue weighted by atomic mass is 35.5. The van der Waals surface area contributed by atoms with Gasteiger partial charge in [-0.2, -0.15) is 0 Å². The van der Waals surface area contributed by atoms with Gasteiger partial charge in [0, 0.05) is 18.4 Å². The van der Waals surface area contributed by atoms with Crippen molar-refractivity contribution < 1.29 is 17.6 Å². The van der Waals surface area contributed by atoms with E-state index in [0.717, 1.165) is 5.56 Å². The van der Waals surface area contributed by atoms with Crippen LogP contribution in [-0.2, 0) is 16.6 Å². The van der Waals surface area contributed by atoms with E-state index < -0.39 is 10.0 Å². The van der Waals surface area contributed by atoms with Crippen LogP contribution in [0, 0.1) is 0 Å². The number of rotatable bonds is 6. The van der Waals surface area contributed by atoms with E-state index in [0.29, 0.717) is 5.69 Å². The number of carbonyl (C=O) groups excluding carboxylic acids is 1. The minimum absolute atomic E-state index is 0.0317. The first-order valence-electron chi connectivity index (χ1n) is 7.49. The van der Waals surface area contributed by atoms with Crippen LogP contribution in [-0.4, -0.2) is 19.3 Å². The number of nitrogens with one attached hydrogen (secondary N) is 2. The molecule has 2 aromatic heterocycles. The van der Waals surface area contributed by atoms with Gasteiger partial charge in [0.05, 0.1) is 6.26 Å². The van der Waals surface area contributed by atoms with Gasteiger partial charge in [-0.25, -0.2) is 18.1 Å². The fourth-order valence-corrected chi connectivity index (χ4v) is 3.16. The molecule has 0 aliphatic rings. The molecule has 0 unspecified atom stereocenters. The van der Waals surface area contributed by atoms with E-state index in [9.17, 15) is 13.2 Å². The number of halogens is 1. The Hall–Kier alpha value is -2.68. The molecule has 7 nitrogen and oxygen atoms in total. The SMILES string of the molecule is O=C(Nc1ccc(CNS(=O)(=O)c2ccc(Cl)nc2)cc1)c1ccco1. The maximum absolute atomic E-state index is 12.2. The fraction of sp³-hybridized carbons (Fsp3) is 0.0588. The largest absolute Gasteiger partial charge is 0.459 e. The van der Waals surface area contributed by atoms with Gasteiger partial charge in [0.15, 0.2) is 5.76 Å². The molecule has 0 radical (unpaired) electrons. The fourth-order valence-electron chi connectivity index (χ4n) is 2.09. The molecule has 26 heavy (non-hydrogen) atoms. The lowest BCUT2D eigenvalue weighted by atomic mass is 10.2. The molecule has 0 saturated heterocycles. The summed E-state index contributed by atoms with van der Waals surface area (Å²) in [6.07, 6.45) is 2.61. The van der Waals surface area contributed by atoms with Gasteiger partial charge < -0.3 is 9.73 Å². The van der Waals surface area contributed by atoms with Crippen molar-refractivity contribution in [1.82, 2.24) is 9.71 Å². The number of furan rings is 1. The van der Waals surface area contributed by atoms with Gasteiger partial charge in [-0.3, -0.25) is 4.79 Å². The lowest BCUT2D eigenvalue weighted by Crippen LogP contribution is -2.23. The van der Waals surface area contributed by atoms with Crippen molar-refractivity contribution in [3.05, 3.63) is 77.5 Å². The van der Waals surface area contributed by atoms with Crippen LogP contribution in [0.25, 0.3) is 0 Å². The van der Waals surface area contributed by atoms with Crippen LogP contribution in [0.3, 0.4) is 0 Å². The topological polar surface area (TPSA) is 101 Å². The van der Waals surface area contributed by atoms with Crippen LogP contribution in [0.5, 0.6) is 0 Å². The van der Waals surface area contributed by atoms with E-state index in [4.69, 9.17) is 16.0 Å². The van der Waals surface area contributed by atoms with Crippen molar-refractivity contribution in [3.63, 3.8) is 0 Å². The standard InChI is InChI=1S/C17H14ClN3O4S/c18-16-8-7-14(11-19-16)26(23,24)20-10-12-3-5-13(6-4-12)21-17(22)15-2-1-9-25-15/h1-9,11,20H,10H2,(H,21,22). The molecule has 3 aromatic rings. The molecule has 0 bridgehead atoms. The molecule has 2 N–H and O–H groups in total. The second kappa shape index (κ2) is 7.69. The minimum atomic E-state index is -3.69. The summed E-state index contributed by atoms with van der Waals surface area (Å²) >= 11 is 5.66. The number of anilines is 1. The molecule has 1 amide bonds. The van der Waals surface area contributed by atoms with Crippen molar-refractivity contribution in [1.29, 1.82) is 0 Å². The number of carbonyl (C=O) groups is 1. The van der Waals surface area contributed by atoms with E-state index in [1.165, 1.54) is 24.6 Å². The van der Waals surface area contributed by atoms with Gasteiger partial charge in [0.25, 0.3) is 5.91 Å². The number of benzene rings is 1. The zero-order valence-electron chi connectivity index (χ0n) is 13.3.